The average molecular weight is 695 g/mol. The van der Waals surface area contributed by atoms with Crippen molar-refractivity contribution in [1.82, 2.24) is 4.90 Å². The van der Waals surface area contributed by atoms with Crippen molar-refractivity contribution in [3.05, 3.63) is 59.4 Å². The minimum atomic E-state index is -3.45. The molecular weight excluding hydrogens is 651 g/mol. The van der Waals surface area contributed by atoms with Gasteiger partial charge in [-0.25, -0.2) is 8.42 Å². The Morgan fingerprint density at radius 3 is 1.96 bits per heavy atom. The smallest absolute Gasteiger partial charge is 0.652 e. The van der Waals surface area contributed by atoms with Crippen LogP contribution in [0.1, 0.15) is 87.4 Å². The first kappa shape index (κ1) is 44.7. The van der Waals surface area contributed by atoms with Crippen LogP contribution in [-0.2, 0) is 16.4 Å². The number of carbonyl (C=O) groups excluding carboxylic acids is 2. The summed E-state index contributed by atoms with van der Waals surface area (Å²) < 4.78 is 38.0. The number of sulfonamides is 1. The first-order chi connectivity index (χ1) is 20.5. The largest absolute Gasteiger partial charge is 1.00 e. The number of hydrogen-bond acceptors (Lipinski definition) is 9. The Balaban J connectivity index is 0.00000304. The van der Waals surface area contributed by atoms with Crippen LogP contribution in [0.15, 0.2) is 46.9 Å². The molecule has 1 aromatic heterocycles. The third kappa shape index (κ3) is 17.1. The number of nitrogens with zero attached hydrogens (tertiary/aromatic N) is 1. The number of benzene rings is 2. The molecule has 1 heterocycles. The van der Waals surface area contributed by atoms with Gasteiger partial charge in [0.2, 0.25) is 10.0 Å². The summed E-state index contributed by atoms with van der Waals surface area (Å²) in [6.45, 7) is 10.5. The number of unbranched alkanes of at least 4 members (excludes halogenated alkanes) is 3. The molecule has 0 saturated carbocycles. The molecule has 0 aliphatic carbocycles. The van der Waals surface area contributed by atoms with Gasteiger partial charge in [-0.1, -0.05) is 40.0 Å². The van der Waals surface area contributed by atoms with Gasteiger partial charge in [-0.3, -0.25) is 9.52 Å². The van der Waals surface area contributed by atoms with Gasteiger partial charge in [0.1, 0.15) is 17.1 Å². The molecule has 3 rings (SSSR count). The number of furan rings is 1. The second-order valence-corrected chi connectivity index (χ2v) is 12.2. The van der Waals surface area contributed by atoms with Crippen LogP contribution in [0.25, 0.3) is 11.0 Å². The molecule has 0 aliphatic rings. The maximum atomic E-state index is 13.7. The van der Waals surface area contributed by atoms with E-state index in [2.05, 4.69) is 30.4 Å². The van der Waals surface area contributed by atoms with Gasteiger partial charge in [0.25, 0.3) is 0 Å². The molecule has 0 atom stereocenters. The monoisotopic (exact) mass is 694 g/mol. The van der Waals surface area contributed by atoms with Crippen LogP contribution < -0.4 is 122 Å². The Hall–Kier alpha value is -0.297. The fourth-order valence-corrected chi connectivity index (χ4v) is 5.17. The van der Waals surface area contributed by atoms with Crippen LogP contribution in [0, 0.1) is 0 Å². The second kappa shape index (κ2) is 23.9. The third-order valence-corrected chi connectivity index (χ3v) is 7.31. The molecule has 0 unspecified atom stereocenters. The molecule has 1 N–H and O–H groups in total. The van der Waals surface area contributed by atoms with E-state index in [0.717, 1.165) is 50.9 Å². The van der Waals surface area contributed by atoms with Gasteiger partial charge >= 0.3 is 103 Å². The molecule has 3 aromatic rings. The molecule has 2 aromatic carbocycles. The van der Waals surface area contributed by atoms with Crippen LogP contribution in [-0.4, -0.2) is 57.8 Å². The van der Waals surface area contributed by atoms with Gasteiger partial charge in [-0.2, -0.15) is 0 Å². The predicted molar refractivity (Wildman–Crippen MR) is 165 cm³/mol. The van der Waals surface area contributed by atoms with Crippen molar-refractivity contribution in [2.75, 3.05) is 37.2 Å². The normalized spacial score (nSPS) is 10.8. The Morgan fingerprint density at radius 1 is 0.867 bits per heavy atom. The van der Waals surface area contributed by atoms with E-state index in [0.29, 0.717) is 46.6 Å². The zero-order valence-corrected chi connectivity index (χ0v) is 34.7. The molecule has 10 nitrogen and oxygen atoms in total. The number of carbonyl (C=O) groups is 2. The van der Waals surface area contributed by atoms with E-state index in [1.165, 1.54) is 25.7 Å². The van der Waals surface area contributed by atoms with Crippen molar-refractivity contribution < 1.29 is 140 Å². The fraction of sp³-hybridized carbons (Fsp3) is 0.500. The molecule has 0 fully saturated rings. The molecule has 0 spiro atoms. The molecule has 238 valence electrons. The maximum absolute atomic E-state index is 13.7. The second-order valence-electron chi connectivity index (χ2n) is 10.4. The standard InChI is InChI=1S/C31H44N2O5S.CH2O3.2K/c1-5-8-12-29-30(27-23-25(32-39(4,35)36)15-18-28(27)38-29)31(34)24-13-16-26(17-14-24)37-22-11-21-33(19-9-6-2)20-10-7-3;2-1(3)4;;/h13-18,23,32H,5-12,19-22H2,1-4H3;(H2,2,3,4);;/q;;2*+1/p-2. The van der Waals surface area contributed by atoms with E-state index < -0.39 is 16.2 Å². The minimum Gasteiger partial charge on any atom is -0.652 e. The van der Waals surface area contributed by atoms with E-state index in [1.54, 1.807) is 30.3 Å². The molecule has 0 aliphatic heterocycles. The molecule has 0 radical (unpaired) electrons. The van der Waals surface area contributed by atoms with Gasteiger partial charge in [0, 0.05) is 29.6 Å². The summed E-state index contributed by atoms with van der Waals surface area (Å²) in [5.74, 6) is 1.22. The third-order valence-electron chi connectivity index (χ3n) is 6.71. The first-order valence-corrected chi connectivity index (χ1v) is 16.8. The van der Waals surface area contributed by atoms with E-state index in [-0.39, 0.29) is 109 Å². The van der Waals surface area contributed by atoms with Crippen molar-refractivity contribution in [2.24, 2.45) is 0 Å². The maximum Gasteiger partial charge on any atom is 1.00 e. The molecule has 13 heteroatoms. The summed E-state index contributed by atoms with van der Waals surface area (Å²) in [6.07, 6.45) is 7.07. The Labute approximate surface area is 352 Å². The van der Waals surface area contributed by atoms with Crippen LogP contribution in [0.3, 0.4) is 0 Å². The zero-order valence-electron chi connectivity index (χ0n) is 27.6. The Kier molecular flexibility index (Phi) is 23.8. The number of nitrogens with one attached hydrogen (secondary N) is 1. The van der Waals surface area contributed by atoms with Crippen LogP contribution >= 0.6 is 0 Å². The number of fused-ring (bicyclic) bond motifs is 1. The summed E-state index contributed by atoms with van der Waals surface area (Å²) in [7, 11) is -3.45. The van der Waals surface area contributed by atoms with Crippen LogP contribution in [0.5, 0.6) is 5.75 Å². The Bertz CT molecular complexity index is 1400. The van der Waals surface area contributed by atoms with Gasteiger partial charge in [-0.05, 0) is 87.4 Å². The molecule has 0 amide bonds. The van der Waals surface area contributed by atoms with E-state index in [4.69, 9.17) is 24.2 Å². The van der Waals surface area contributed by atoms with Crippen molar-refractivity contribution in [3.63, 3.8) is 0 Å². The van der Waals surface area contributed by atoms with Gasteiger partial charge in [-0.15, -0.1) is 0 Å². The minimum absolute atomic E-state index is 0. The molecule has 45 heavy (non-hydrogen) atoms. The van der Waals surface area contributed by atoms with Crippen LogP contribution in [0.4, 0.5) is 10.5 Å². The van der Waals surface area contributed by atoms with E-state index in [1.807, 2.05) is 12.1 Å². The average Bonchev–Trinajstić information content (AvgIpc) is 3.31. The number of anilines is 1. The number of hydrogen-bond donors (Lipinski definition) is 1. The van der Waals surface area contributed by atoms with Gasteiger partial charge in [0.05, 0.1) is 18.4 Å². The molecule has 0 bridgehead atoms. The first-order valence-electron chi connectivity index (χ1n) is 14.9. The van der Waals surface area contributed by atoms with Crippen molar-refractivity contribution in [3.8, 4) is 5.75 Å². The molecular formula is C32H44K2N2O8S. The number of rotatable bonds is 18. The van der Waals surface area contributed by atoms with Crippen molar-refractivity contribution in [1.29, 1.82) is 0 Å². The number of carboxylic acid groups (broad SMARTS) is 2. The fourth-order valence-electron chi connectivity index (χ4n) is 4.61. The number of aryl methyl sites for hydroxylation is 1. The summed E-state index contributed by atoms with van der Waals surface area (Å²) >= 11 is 0. The summed E-state index contributed by atoms with van der Waals surface area (Å²) in [5, 5.41) is 17.3. The summed E-state index contributed by atoms with van der Waals surface area (Å²) in [6, 6.07) is 12.3. The number of ketones is 1. The van der Waals surface area contributed by atoms with Gasteiger partial charge < -0.3 is 29.1 Å². The quantitative estimate of drug-likeness (QED) is 0.0965. The van der Waals surface area contributed by atoms with Crippen LogP contribution in [0.2, 0.25) is 0 Å². The molecule has 0 saturated heterocycles. The SMILES string of the molecule is CCCCc1oc2ccc(NS(C)(=O)=O)cc2c1C(=O)c1ccc(OCCCN(CCCC)CCCC)cc1.O=C([O-])[O-].[K+].[K+]. The van der Waals surface area contributed by atoms with Gasteiger partial charge in [0.15, 0.2) is 5.78 Å². The van der Waals surface area contributed by atoms with Crippen molar-refractivity contribution in [2.45, 2.75) is 72.1 Å². The summed E-state index contributed by atoms with van der Waals surface area (Å²) in [5.41, 5.74) is 1.99. The summed E-state index contributed by atoms with van der Waals surface area (Å²) in [4.78, 5) is 24.5. The zero-order chi connectivity index (χ0) is 31.8. The predicted octanol–water partition coefficient (Wildman–Crippen LogP) is -1.39. The number of ether oxygens (including phenoxy) is 1. The van der Waals surface area contributed by atoms with E-state index >= 15 is 0 Å². The van der Waals surface area contributed by atoms with E-state index in [9.17, 15) is 13.2 Å². The van der Waals surface area contributed by atoms with Crippen molar-refractivity contribution >= 4 is 38.6 Å². The topological polar surface area (TPSA) is 152 Å². The Morgan fingerprint density at radius 2 is 1.42 bits per heavy atom.